The summed E-state index contributed by atoms with van der Waals surface area (Å²) < 4.78 is 16.4. The van der Waals surface area contributed by atoms with Gasteiger partial charge in [-0.3, -0.25) is 34.2 Å². The number of hydrogen-bond acceptors (Lipinski definition) is 9. The molecule has 4 N–H and O–H groups in total. The first-order valence-corrected chi connectivity index (χ1v) is 12.1. The van der Waals surface area contributed by atoms with Gasteiger partial charge in [-0.15, -0.1) is 0 Å². The van der Waals surface area contributed by atoms with Gasteiger partial charge in [-0.1, -0.05) is 17.7 Å². The summed E-state index contributed by atoms with van der Waals surface area (Å²) in [5.41, 5.74) is 6.25. The van der Waals surface area contributed by atoms with E-state index in [0.29, 0.717) is 16.5 Å². The van der Waals surface area contributed by atoms with Crippen LogP contribution in [0, 0.1) is 0 Å². The van der Waals surface area contributed by atoms with Gasteiger partial charge in [0.25, 0.3) is 17.7 Å². The number of rotatable bonds is 11. The van der Waals surface area contributed by atoms with Gasteiger partial charge in [0.2, 0.25) is 11.8 Å². The number of anilines is 1. The van der Waals surface area contributed by atoms with Crippen molar-refractivity contribution in [2.24, 2.45) is 0 Å². The maximum atomic E-state index is 13.0. The summed E-state index contributed by atoms with van der Waals surface area (Å²) in [6.07, 6.45) is 0.0537. The van der Waals surface area contributed by atoms with Gasteiger partial charge in [0.05, 0.1) is 29.4 Å². The van der Waals surface area contributed by atoms with E-state index in [1.165, 1.54) is 18.2 Å². The molecule has 1 fully saturated rings. The lowest BCUT2D eigenvalue weighted by molar-refractivity contribution is -0.136. The molecule has 0 radical (unpaired) electrons. The van der Waals surface area contributed by atoms with Crippen LogP contribution < -0.4 is 25.8 Å². The van der Waals surface area contributed by atoms with Gasteiger partial charge in [0, 0.05) is 24.7 Å². The van der Waals surface area contributed by atoms with Crippen LogP contribution in [0.3, 0.4) is 0 Å². The van der Waals surface area contributed by atoms with Crippen molar-refractivity contribution in [3.63, 3.8) is 0 Å². The number of ether oxygens (including phenoxy) is 3. The molecular weight excluding hydrogens is 520 g/mol. The molecule has 2 heterocycles. The average molecular weight is 545 g/mol. The maximum absolute atomic E-state index is 13.0. The number of nitrogen functional groups attached to an aromatic ring is 1. The molecule has 200 valence electrons. The second kappa shape index (κ2) is 11.9. The molecule has 13 heteroatoms. The van der Waals surface area contributed by atoms with Gasteiger partial charge >= 0.3 is 0 Å². The van der Waals surface area contributed by atoms with E-state index in [9.17, 15) is 24.0 Å². The van der Waals surface area contributed by atoms with Crippen molar-refractivity contribution in [1.29, 1.82) is 0 Å². The molecule has 5 amide bonds. The van der Waals surface area contributed by atoms with Gasteiger partial charge in [-0.05, 0) is 30.7 Å². The van der Waals surface area contributed by atoms with E-state index in [1.807, 2.05) is 0 Å². The third-order valence-corrected chi connectivity index (χ3v) is 6.11. The highest BCUT2D eigenvalue weighted by Crippen LogP contribution is 2.33. The van der Waals surface area contributed by atoms with Gasteiger partial charge in [-0.25, -0.2) is 0 Å². The van der Waals surface area contributed by atoms with Crippen LogP contribution in [0.5, 0.6) is 11.5 Å². The highest BCUT2D eigenvalue weighted by molar-refractivity contribution is 6.32. The van der Waals surface area contributed by atoms with Crippen LogP contribution in [-0.2, 0) is 19.1 Å². The molecule has 0 aromatic heterocycles. The zero-order valence-corrected chi connectivity index (χ0v) is 20.9. The van der Waals surface area contributed by atoms with E-state index in [4.69, 9.17) is 31.5 Å². The highest BCUT2D eigenvalue weighted by atomic mass is 35.5. The molecule has 0 bridgehead atoms. The summed E-state index contributed by atoms with van der Waals surface area (Å²) in [5, 5.41) is 5.20. The molecule has 0 aliphatic carbocycles. The molecule has 1 unspecified atom stereocenters. The quantitative estimate of drug-likeness (QED) is 0.212. The minimum Gasteiger partial charge on any atom is -0.490 e. The number of fused-ring (bicyclic) bond motifs is 1. The number of carbonyl (C=O) groups is 5. The third-order valence-electron chi connectivity index (χ3n) is 5.80. The Bertz CT molecular complexity index is 1280. The highest BCUT2D eigenvalue weighted by Gasteiger charge is 2.46. The molecule has 2 aliphatic rings. The smallest absolute Gasteiger partial charge is 0.266 e. The Morgan fingerprint density at radius 3 is 2.66 bits per heavy atom. The van der Waals surface area contributed by atoms with Crippen LogP contribution in [0.4, 0.5) is 5.69 Å². The Balaban J connectivity index is 1.21. The summed E-state index contributed by atoms with van der Waals surface area (Å²) in [5.74, 6) is -2.51. The van der Waals surface area contributed by atoms with Gasteiger partial charge in [-0.2, -0.15) is 0 Å². The topological polar surface area (TPSA) is 166 Å². The molecule has 4 rings (SSSR count). The van der Waals surface area contributed by atoms with Gasteiger partial charge in [0.1, 0.15) is 24.1 Å². The van der Waals surface area contributed by atoms with Crippen molar-refractivity contribution in [3.8, 4) is 11.5 Å². The summed E-state index contributed by atoms with van der Waals surface area (Å²) in [7, 11) is 0. The number of piperidine rings is 1. The fourth-order valence-corrected chi connectivity index (χ4v) is 4.18. The van der Waals surface area contributed by atoms with Crippen LogP contribution in [0.1, 0.15) is 33.6 Å². The number of nitrogens with zero attached hydrogens (tertiary/aromatic N) is 1. The summed E-state index contributed by atoms with van der Waals surface area (Å²) in [6, 6.07) is 8.23. The Kier molecular flexibility index (Phi) is 8.44. The predicted octanol–water partition coefficient (Wildman–Crippen LogP) is 0.914. The Hall–Kier alpha value is -4.16. The van der Waals surface area contributed by atoms with E-state index in [0.717, 1.165) is 4.90 Å². The van der Waals surface area contributed by atoms with E-state index in [1.54, 1.807) is 18.2 Å². The first-order chi connectivity index (χ1) is 18.3. The molecule has 38 heavy (non-hydrogen) atoms. The van der Waals surface area contributed by atoms with Crippen LogP contribution in [0.15, 0.2) is 36.4 Å². The van der Waals surface area contributed by atoms with Crippen LogP contribution >= 0.6 is 11.6 Å². The average Bonchev–Trinajstić information content (AvgIpc) is 3.14. The van der Waals surface area contributed by atoms with Crippen molar-refractivity contribution >= 4 is 46.8 Å². The molecule has 0 saturated carbocycles. The first kappa shape index (κ1) is 26.9. The number of halogens is 1. The number of amides is 5. The molecule has 1 saturated heterocycles. The fourth-order valence-electron chi connectivity index (χ4n) is 4.00. The van der Waals surface area contributed by atoms with Crippen molar-refractivity contribution in [2.75, 3.05) is 38.7 Å². The summed E-state index contributed by atoms with van der Waals surface area (Å²) in [6.45, 7) is 0.506. The number of carbonyl (C=O) groups excluding carboxylic acids is 5. The molecular formula is C25H25ClN4O8. The number of nitrogens with one attached hydrogen (secondary N) is 2. The van der Waals surface area contributed by atoms with E-state index in [-0.39, 0.29) is 56.1 Å². The van der Waals surface area contributed by atoms with Crippen molar-refractivity contribution in [2.45, 2.75) is 18.9 Å². The number of hydrogen-bond donors (Lipinski definition) is 3. The monoisotopic (exact) mass is 544 g/mol. The van der Waals surface area contributed by atoms with Gasteiger partial charge in [0.15, 0.2) is 6.61 Å². The molecule has 2 aromatic rings. The Morgan fingerprint density at radius 1 is 1.05 bits per heavy atom. The molecule has 1 atom stereocenters. The lowest BCUT2D eigenvalue weighted by Crippen LogP contribution is -2.54. The first-order valence-electron chi connectivity index (χ1n) is 11.8. The molecule has 0 spiro atoms. The minimum absolute atomic E-state index is 0.0145. The van der Waals surface area contributed by atoms with Crippen molar-refractivity contribution in [1.82, 2.24) is 15.5 Å². The zero-order valence-electron chi connectivity index (χ0n) is 20.2. The van der Waals surface area contributed by atoms with Crippen LogP contribution in [0.25, 0.3) is 0 Å². The van der Waals surface area contributed by atoms with Crippen LogP contribution in [-0.4, -0.2) is 73.4 Å². The van der Waals surface area contributed by atoms with Crippen molar-refractivity contribution in [3.05, 3.63) is 52.5 Å². The summed E-state index contributed by atoms with van der Waals surface area (Å²) in [4.78, 5) is 62.6. The number of imide groups is 2. The van der Waals surface area contributed by atoms with Crippen molar-refractivity contribution < 1.29 is 38.2 Å². The Morgan fingerprint density at radius 2 is 1.87 bits per heavy atom. The second-order valence-electron chi connectivity index (χ2n) is 8.42. The maximum Gasteiger partial charge on any atom is 0.266 e. The lowest BCUT2D eigenvalue weighted by atomic mass is 10.0. The van der Waals surface area contributed by atoms with E-state index < -0.39 is 42.2 Å². The predicted molar refractivity (Wildman–Crippen MR) is 134 cm³/mol. The summed E-state index contributed by atoms with van der Waals surface area (Å²) >= 11 is 6.02. The van der Waals surface area contributed by atoms with E-state index in [2.05, 4.69) is 10.6 Å². The molecule has 2 aromatic carbocycles. The largest absolute Gasteiger partial charge is 0.490 e. The zero-order chi connectivity index (χ0) is 27.2. The van der Waals surface area contributed by atoms with Crippen LogP contribution in [0.2, 0.25) is 5.02 Å². The number of benzene rings is 2. The van der Waals surface area contributed by atoms with Gasteiger partial charge < -0.3 is 25.3 Å². The van der Waals surface area contributed by atoms with E-state index >= 15 is 0 Å². The number of nitrogens with two attached hydrogens (primary N) is 1. The minimum atomic E-state index is -1.09. The second-order valence-corrected chi connectivity index (χ2v) is 8.82. The normalized spacial score (nSPS) is 16.8. The molecule has 12 nitrogen and oxygen atoms in total. The Labute approximate surface area is 222 Å². The standard InChI is InChI=1S/C25H25ClN4O8/c26-16-5-4-14(27)12-19(16)37-11-10-36-9-8-28-21(32)13-38-18-3-1-2-15-22(18)25(35)30(24(15)34)17-6-7-20(31)29-23(17)33/h1-5,12,17H,6-11,13,27H2,(H,28,32)(H,29,31,33). The molecule has 2 aliphatic heterocycles. The SMILES string of the molecule is Nc1ccc(Cl)c(OCCOCCNC(=O)COc2cccc3c2C(=O)N(C2CCC(=O)NC2=O)C3=O)c1. The fraction of sp³-hybridized carbons (Fsp3) is 0.320. The lowest BCUT2D eigenvalue weighted by Gasteiger charge is -2.27. The third kappa shape index (κ3) is 6.03.